The minimum absolute atomic E-state index is 0.388. The molecule has 0 aliphatic heterocycles. The molecule has 3 heteroatoms. The Morgan fingerprint density at radius 1 is 1.20 bits per heavy atom. The van der Waals surface area contributed by atoms with E-state index in [0.717, 1.165) is 29.5 Å². The van der Waals surface area contributed by atoms with Gasteiger partial charge in [-0.2, -0.15) is 0 Å². The molecule has 1 atom stereocenters. The molecule has 112 valence electrons. The standard InChI is InChI=1S/C17H26ClNO/c1-19(13-14-5-3-2-4-6-14)12-11-17(20)15-7-9-16(18)10-8-15/h7-10,14,17,20H,2-6,11-13H2,1H3. The van der Waals surface area contributed by atoms with Gasteiger partial charge in [-0.15, -0.1) is 0 Å². The number of aliphatic hydroxyl groups excluding tert-OH is 1. The number of halogens is 1. The van der Waals surface area contributed by atoms with Crippen LogP contribution in [0.15, 0.2) is 24.3 Å². The van der Waals surface area contributed by atoms with E-state index >= 15 is 0 Å². The lowest BCUT2D eigenvalue weighted by molar-refractivity contribution is 0.140. The maximum atomic E-state index is 10.2. The van der Waals surface area contributed by atoms with Gasteiger partial charge in [0.05, 0.1) is 6.10 Å². The lowest BCUT2D eigenvalue weighted by atomic mass is 9.89. The second-order valence-corrected chi connectivity index (χ2v) is 6.56. The number of benzene rings is 1. The number of aliphatic hydroxyl groups is 1. The Kier molecular flexibility index (Phi) is 6.34. The molecule has 1 aromatic carbocycles. The summed E-state index contributed by atoms with van der Waals surface area (Å²) in [6, 6.07) is 7.50. The van der Waals surface area contributed by atoms with Crippen LogP contribution in [0.1, 0.15) is 50.2 Å². The number of hydrogen-bond acceptors (Lipinski definition) is 2. The Bertz CT molecular complexity index is 386. The van der Waals surface area contributed by atoms with Gasteiger partial charge in [0.25, 0.3) is 0 Å². The normalized spacial score (nSPS) is 18.4. The minimum Gasteiger partial charge on any atom is -0.388 e. The number of hydrogen-bond donors (Lipinski definition) is 1. The highest BCUT2D eigenvalue weighted by molar-refractivity contribution is 6.30. The summed E-state index contributed by atoms with van der Waals surface area (Å²) in [7, 11) is 2.17. The first kappa shape index (κ1) is 15.8. The zero-order valence-corrected chi connectivity index (χ0v) is 13.1. The van der Waals surface area contributed by atoms with E-state index in [1.807, 2.05) is 24.3 Å². The third kappa shape index (κ3) is 5.08. The van der Waals surface area contributed by atoms with Crippen molar-refractivity contribution in [3.63, 3.8) is 0 Å². The Morgan fingerprint density at radius 2 is 1.85 bits per heavy atom. The van der Waals surface area contributed by atoms with E-state index < -0.39 is 0 Å². The van der Waals surface area contributed by atoms with E-state index in [0.29, 0.717) is 0 Å². The molecule has 1 saturated carbocycles. The molecular formula is C17H26ClNO. The van der Waals surface area contributed by atoms with Crippen molar-refractivity contribution >= 4 is 11.6 Å². The van der Waals surface area contributed by atoms with Crippen molar-refractivity contribution in [2.75, 3.05) is 20.1 Å². The van der Waals surface area contributed by atoms with Gasteiger partial charge in [0, 0.05) is 18.1 Å². The quantitative estimate of drug-likeness (QED) is 0.847. The van der Waals surface area contributed by atoms with Crippen LogP contribution in [0.25, 0.3) is 0 Å². The van der Waals surface area contributed by atoms with Crippen LogP contribution in [0, 0.1) is 5.92 Å². The van der Waals surface area contributed by atoms with Crippen LogP contribution in [0.4, 0.5) is 0 Å². The Hall–Kier alpha value is -0.570. The molecule has 0 aromatic heterocycles. The smallest absolute Gasteiger partial charge is 0.0802 e. The van der Waals surface area contributed by atoms with Crippen LogP contribution in [0.5, 0.6) is 0 Å². The van der Waals surface area contributed by atoms with Crippen molar-refractivity contribution in [1.82, 2.24) is 4.90 Å². The molecule has 0 saturated heterocycles. The van der Waals surface area contributed by atoms with Crippen molar-refractivity contribution in [2.45, 2.75) is 44.6 Å². The molecule has 2 rings (SSSR count). The first-order chi connectivity index (χ1) is 9.65. The van der Waals surface area contributed by atoms with Crippen molar-refractivity contribution in [3.05, 3.63) is 34.9 Å². The molecule has 0 heterocycles. The van der Waals surface area contributed by atoms with Crippen LogP contribution in [0.2, 0.25) is 5.02 Å². The van der Waals surface area contributed by atoms with Gasteiger partial charge in [0.15, 0.2) is 0 Å². The fraction of sp³-hybridized carbons (Fsp3) is 0.647. The van der Waals surface area contributed by atoms with Gasteiger partial charge in [-0.3, -0.25) is 0 Å². The third-order valence-electron chi connectivity index (χ3n) is 4.33. The van der Waals surface area contributed by atoms with E-state index in [4.69, 9.17) is 11.6 Å². The summed E-state index contributed by atoms with van der Waals surface area (Å²) in [6.07, 6.45) is 7.35. The lowest BCUT2D eigenvalue weighted by Crippen LogP contribution is -2.28. The topological polar surface area (TPSA) is 23.5 Å². The SMILES string of the molecule is CN(CCC(O)c1ccc(Cl)cc1)CC1CCCCC1. The molecule has 1 unspecified atom stereocenters. The molecular weight excluding hydrogens is 270 g/mol. The fourth-order valence-corrected chi connectivity index (χ4v) is 3.22. The first-order valence-electron chi connectivity index (χ1n) is 7.77. The summed E-state index contributed by atoms with van der Waals surface area (Å²) in [6.45, 7) is 2.12. The molecule has 1 fully saturated rings. The minimum atomic E-state index is -0.388. The summed E-state index contributed by atoms with van der Waals surface area (Å²) >= 11 is 5.86. The second-order valence-electron chi connectivity index (χ2n) is 6.12. The molecule has 1 N–H and O–H groups in total. The molecule has 2 nitrogen and oxygen atoms in total. The maximum absolute atomic E-state index is 10.2. The van der Waals surface area contributed by atoms with Crippen LogP contribution in [-0.4, -0.2) is 30.1 Å². The average molecular weight is 296 g/mol. The van der Waals surface area contributed by atoms with Gasteiger partial charge < -0.3 is 10.0 Å². The van der Waals surface area contributed by atoms with Gasteiger partial charge in [-0.1, -0.05) is 43.0 Å². The fourth-order valence-electron chi connectivity index (χ4n) is 3.10. The third-order valence-corrected chi connectivity index (χ3v) is 4.59. The maximum Gasteiger partial charge on any atom is 0.0802 e. The van der Waals surface area contributed by atoms with Crippen molar-refractivity contribution < 1.29 is 5.11 Å². The Balaban J connectivity index is 1.71. The van der Waals surface area contributed by atoms with Crippen molar-refractivity contribution in [2.24, 2.45) is 5.92 Å². The molecule has 0 amide bonds. The predicted octanol–water partition coefficient (Wildman–Crippen LogP) is 4.28. The predicted molar refractivity (Wildman–Crippen MR) is 85.1 cm³/mol. The molecule has 0 spiro atoms. The van der Waals surface area contributed by atoms with Gasteiger partial charge in [-0.25, -0.2) is 0 Å². The van der Waals surface area contributed by atoms with Crippen LogP contribution < -0.4 is 0 Å². The lowest BCUT2D eigenvalue weighted by Gasteiger charge is -2.27. The van der Waals surface area contributed by atoms with Crippen LogP contribution in [0.3, 0.4) is 0 Å². The summed E-state index contributed by atoms with van der Waals surface area (Å²) in [5.41, 5.74) is 0.959. The number of rotatable bonds is 6. The van der Waals surface area contributed by atoms with E-state index in [1.165, 1.54) is 38.6 Å². The molecule has 1 aromatic rings. The summed E-state index contributed by atoms with van der Waals surface area (Å²) in [5.74, 6) is 0.862. The molecule has 20 heavy (non-hydrogen) atoms. The summed E-state index contributed by atoms with van der Waals surface area (Å²) in [4.78, 5) is 2.37. The second kappa shape index (κ2) is 8.02. The summed E-state index contributed by atoms with van der Waals surface area (Å²) in [5, 5.41) is 10.9. The van der Waals surface area contributed by atoms with Crippen LogP contribution in [-0.2, 0) is 0 Å². The van der Waals surface area contributed by atoms with Crippen molar-refractivity contribution in [1.29, 1.82) is 0 Å². The van der Waals surface area contributed by atoms with E-state index in [2.05, 4.69) is 11.9 Å². The van der Waals surface area contributed by atoms with Gasteiger partial charge in [0.1, 0.15) is 0 Å². The monoisotopic (exact) mass is 295 g/mol. The van der Waals surface area contributed by atoms with E-state index in [-0.39, 0.29) is 6.10 Å². The molecule has 1 aliphatic rings. The number of nitrogens with zero attached hydrogens (tertiary/aromatic N) is 1. The zero-order valence-electron chi connectivity index (χ0n) is 12.4. The van der Waals surface area contributed by atoms with Gasteiger partial charge >= 0.3 is 0 Å². The molecule has 1 aliphatic carbocycles. The van der Waals surface area contributed by atoms with E-state index in [1.54, 1.807) is 0 Å². The average Bonchev–Trinajstić information content (AvgIpc) is 2.46. The van der Waals surface area contributed by atoms with Gasteiger partial charge in [-0.05, 0) is 49.9 Å². The zero-order chi connectivity index (χ0) is 14.4. The molecule has 0 bridgehead atoms. The van der Waals surface area contributed by atoms with Gasteiger partial charge in [0.2, 0.25) is 0 Å². The largest absolute Gasteiger partial charge is 0.388 e. The Labute approximate surface area is 127 Å². The molecule has 0 radical (unpaired) electrons. The highest BCUT2D eigenvalue weighted by Gasteiger charge is 2.16. The highest BCUT2D eigenvalue weighted by atomic mass is 35.5. The first-order valence-corrected chi connectivity index (χ1v) is 8.15. The van der Waals surface area contributed by atoms with Crippen molar-refractivity contribution in [3.8, 4) is 0 Å². The summed E-state index contributed by atoms with van der Waals surface area (Å²) < 4.78 is 0. The van der Waals surface area contributed by atoms with Crippen LogP contribution >= 0.6 is 11.6 Å². The highest BCUT2D eigenvalue weighted by Crippen LogP contribution is 2.25. The van der Waals surface area contributed by atoms with E-state index in [9.17, 15) is 5.11 Å². The Morgan fingerprint density at radius 3 is 2.50 bits per heavy atom.